The molecule has 0 N–H and O–H groups in total. The number of rotatable bonds is 52. The molecule has 0 aromatic carbocycles. The van der Waals surface area contributed by atoms with Crippen molar-refractivity contribution >= 4 is 17.9 Å². The number of ether oxygens (including phenoxy) is 3. The highest BCUT2D eigenvalue weighted by Gasteiger charge is 2.19. The minimum absolute atomic E-state index is 0.0620. The Hall–Kier alpha value is -1.59. The van der Waals surface area contributed by atoms with Crippen LogP contribution in [0.15, 0.2) is 0 Å². The maximum Gasteiger partial charge on any atom is 0.306 e. The van der Waals surface area contributed by atoms with Crippen molar-refractivity contribution in [2.75, 3.05) is 13.2 Å². The molecule has 0 amide bonds. The molecule has 0 bridgehead atoms. The largest absolute Gasteiger partial charge is 0.462 e. The van der Waals surface area contributed by atoms with Gasteiger partial charge in [0.15, 0.2) is 6.10 Å². The lowest BCUT2D eigenvalue weighted by molar-refractivity contribution is -0.167. The lowest BCUT2D eigenvalue weighted by Gasteiger charge is -2.18. The predicted octanol–water partition coefficient (Wildman–Crippen LogP) is 18.6. The summed E-state index contributed by atoms with van der Waals surface area (Å²) in [6.07, 6.45) is 55.2. The standard InChI is InChI=1S/C57H110O6/c1-5-7-9-11-13-15-17-19-20-21-22-25-29-33-37-41-45-49-56(59)62-52-54(51-61-55(58)48-44-40-36-32-28-18-16-14-12-10-8-6-2)63-57(60)50-46-42-38-34-30-26-23-24-27-31-35-39-43-47-53(3)4/h53-54H,5-52H2,1-4H3/t54-/m1/s1. The number of hydrogen-bond donors (Lipinski definition) is 0. The first-order valence-electron chi connectivity index (χ1n) is 28.4. The number of unbranched alkanes of at least 4 members (excludes halogenated alkanes) is 39. The Bertz CT molecular complexity index is 949. The van der Waals surface area contributed by atoms with Gasteiger partial charge >= 0.3 is 17.9 Å². The van der Waals surface area contributed by atoms with E-state index >= 15 is 0 Å². The summed E-state index contributed by atoms with van der Waals surface area (Å²) in [5.41, 5.74) is 0. The van der Waals surface area contributed by atoms with Crippen LogP contribution >= 0.6 is 0 Å². The van der Waals surface area contributed by atoms with Gasteiger partial charge in [0.1, 0.15) is 13.2 Å². The molecular weight excluding hydrogens is 781 g/mol. The van der Waals surface area contributed by atoms with E-state index in [1.807, 2.05) is 0 Å². The summed E-state index contributed by atoms with van der Waals surface area (Å²) in [5.74, 6) is 0.00117. The van der Waals surface area contributed by atoms with E-state index in [1.165, 1.54) is 218 Å². The highest BCUT2D eigenvalue weighted by molar-refractivity contribution is 5.71. The summed E-state index contributed by atoms with van der Waals surface area (Å²) in [6, 6.07) is 0. The second-order valence-corrected chi connectivity index (χ2v) is 20.1. The molecule has 0 radical (unpaired) electrons. The van der Waals surface area contributed by atoms with Crippen molar-refractivity contribution in [3.63, 3.8) is 0 Å². The molecule has 0 rings (SSSR count). The van der Waals surface area contributed by atoms with E-state index in [-0.39, 0.29) is 31.1 Å². The van der Waals surface area contributed by atoms with Gasteiger partial charge in [-0.3, -0.25) is 14.4 Å². The lowest BCUT2D eigenvalue weighted by Crippen LogP contribution is -2.30. The minimum atomic E-state index is -0.761. The van der Waals surface area contributed by atoms with Crippen LogP contribution in [0.3, 0.4) is 0 Å². The summed E-state index contributed by atoms with van der Waals surface area (Å²) in [6.45, 7) is 9.05. The number of carbonyl (C=O) groups excluding carboxylic acids is 3. The monoisotopic (exact) mass is 891 g/mol. The van der Waals surface area contributed by atoms with Crippen LogP contribution in [0.1, 0.15) is 323 Å². The molecule has 374 valence electrons. The maximum absolute atomic E-state index is 12.8. The van der Waals surface area contributed by atoms with E-state index < -0.39 is 6.10 Å². The van der Waals surface area contributed by atoms with Crippen molar-refractivity contribution in [1.82, 2.24) is 0 Å². The zero-order valence-corrected chi connectivity index (χ0v) is 43.0. The van der Waals surface area contributed by atoms with Gasteiger partial charge in [0.25, 0.3) is 0 Å². The normalized spacial score (nSPS) is 12.0. The first-order chi connectivity index (χ1) is 30.9. The Labute approximate surface area is 393 Å². The molecule has 0 aromatic heterocycles. The maximum atomic E-state index is 12.8. The number of carbonyl (C=O) groups is 3. The van der Waals surface area contributed by atoms with Crippen LogP contribution in [0.4, 0.5) is 0 Å². The fourth-order valence-electron chi connectivity index (χ4n) is 8.75. The van der Waals surface area contributed by atoms with Crippen molar-refractivity contribution < 1.29 is 28.6 Å². The van der Waals surface area contributed by atoms with Crippen LogP contribution in [0.5, 0.6) is 0 Å². The first kappa shape index (κ1) is 61.4. The Morgan fingerprint density at radius 2 is 0.524 bits per heavy atom. The molecule has 6 nitrogen and oxygen atoms in total. The van der Waals surface area contributed by atoms with Crippen LogP contribution in [-0.4, -0.2) is 37.2 Å². The Balaban J connectivity index is 4.28. The van der Waals surface area contributed by atoms with E-state index in [9.17, 15) is 14.4 Å². The van der Waals surface area contributed by atoms with Crippen LogP contribution in [-0.2, 0) is 28.6 Å². The van der Waals surface area contributed by atoms with Crippen molar-refractivity contribution in [3.05, 3.63) is 0 Å². The third-order valence-electron chi connectivity index (χ3n) is 13.0. The predicted molar refractivity (Wildman–Crippen MR) is 270 cm³/mol. The molecule has 0 saturated carbocycles. The number of esters is 3. The average molecular weight is 892 g/mol. The summed E-state index contributed by atoms with van der Waals surface area (Å²) < 4.78 is 16.9. The van der Waals surface area contributed by atoms with Gasteiger partial charge in [0.2, 0.25) is 0 Å². The van der Waals surface area contributed by atoms with E-state index in [2.05, 4.69) is 27.7 Å². The molecule has 0 aliphatic heterocycles. The summed E-state index contributed by atoms with van der Waals surface area (Å²) in [7, 11) is 0. The number of hydrogen-bond acceptors (Lipinski definition) is 6. The Morgan fingerprint density at radius 1 is 0.302 bits per heavy atom. The van der Waals surface area contributed by atoms with Crippen LogP contribution < -0.4 is 0 Å². The van der Waals surface area contributed by atoms with Crippen LogP contribution in [0, 0.1) is 5.92 Å². The van der Waals surface area contributed by atoms with Gasteiger partial charge in [-0.1, -0.05) is 285 Å². The van der Waals surface area contributed by atoms with Gasteiger partial charge in [-0.25, -0.2) is 0 Å². The lowest BCUT2D eigenvalue weighted by atomic mass is 10.0. The third-order valence-corrected chi connectivity index (χ3v) is 13.0. The smallest absolute Gasteiger partial charge is 0.306 e. The van der Waals surface area contributed by atoms with Crippen molar-refractivity contribution in [2.45, 2.75) is 329 Å². The van der Waals surface area contributed by atoms with Crippen LogP contribution in [0.25, 0.3) is 0 Å². The minimum Gasteiger partial charge on any atom is -0.462 e. The van der Waals surface area contributed by atoms with Gasteiger partial charge in [-0.05, 0) is 25.2 Å². The van der Waals surface area contributed by atoms with Gasteiger partial charge < -0.3 is 14.2 Å². The van der Waals surface area contributed by atoms with Gasteiger partial charge in [0.05, 0.1) is 0 Å². The van der Waals surface area contributed by atoms with Gasteiger partial charge in [-0.15, -0.1) is 0 Å². The van der Waals surface area contributed by atoms with E-state index in [0.717, 1.165) is 63.7 Å². The quantitative estimate of drug-likeness (QED) is 0.0344. The van der Waals surface area contributed by atoms with E-state index in [1.54, 1.807) is 0 Å². The molecule has 0 spiro atoms. The molecule has 0 saturated heterocycles. The molecule has 1 atom stereocenters. The third kappa shape index (κ3) is 51.3. The fourth-order valence-corrected chi connectivity index (χ4v) is 8.75. The molecule has 0 aromatic rings. The average Bonchev–Trinajstić information content (AvgIpc) is 3.27. The first-order valence-corrected chi connectivity index (χ1v) is 28.4. The molecule has 0 fully saturated rings. The zero-order valence-electron chi connectivity index (χ0n) is 43.0. The van der Waals surface area contributed by atoms with Crippen molar-refractivity contribution in [3.8, 4) is 0 Å². The molecule has 0 aliphatic rings. The second kappa shape index (κ2) is 51.4. The fraction of sp³-hybridized carbons (Fsp3) is 0.947. The molecule has 6 heteroatoms. The highest BCUT2D eigenvalue weighted by atomic mass is 16.6. The van der Waals surface area contributed by atoms with Crippen molar-refractivity contribution in [1.29, 1.82) is 0 Å². The van der Waals surface area contributed by atoms with Gasteiger partial charge in [-0.2, -0.15) is 0 Å². The zero-order chi connectivity index (χ0) is 45.9. The van der Waals surface area contributed by atoms with E-state index in [4.69, 9.17) is 14.2 Å². The molecule has 63 heavy (non-hydrogen) atoms. The molecule has 0 heterocycles. The summed E-state index contributed by atoms with van der Waals surface area (Å²) in [4.78, 5) is 38.1. The summed E-state index contributed by atoms with van der Waals surface area (Å²) in [5, 5.41) is 0. The van der Waals surface area contributed by atoms with Crippen molar-refractivity contribution in [2.24, 2.45) is 5.92 Å². The topological polar surface area (TPSA) is 78.9 Å². The molecular formula is C57H110O6. The van der Waals surface area contributed by atoms with Gasteiger partial charge in [0, 0.05) is 19.3 Å². The van der Waals surface area contributed by atoms with Crippen LogP contribution in [0.2, 0.25) is 0 Å². The highest BCUT2D eigenvalue weighted by Crippen LogP contribution is 2.18. The Morgan fingerprint density at radius 3 is 0.778 bits per heavy atom. The summed E-state index contributed by atoms with van der Waals surface area (Å²) >= 11 is 0. The SMILES string of the molecule is CCCCCCCCCCCCCCCCCCCC(=O)OC[C@@H](COC(=O)CCCCCCCCCCCCCC)OC(=O)CCCCCCCCCCCCCCCC(C)C. The Kier molecular flexibility index (Phi) is 50.1. The molecule has 0 aliphatic carbocycles. The second-order valence-electron chi connectivity index (χ2n) is 20.1. The molecule has 0 unspecified atom stereocenters. The van der Waals surface area contributed by atoms with E-state index in [0.29, 0.717) is 19.3 Å².